The second-order valence-corrected chi connectivity index (χ2v) is 7.25. The number of nitrogens with zero attached hydrogens (tertiary/aromatic N) is 1. The van der Waals surface area contributed by atoms with Crippen molar-refractivity contribution in [3.05, 3.63) is 59.2 Å². The number of alkyl halides is 6. The lowest BCUT2D eigenvalue weighted by Gasteiger charge is -2.27. The van der Waals surface area contributed by atoms with E-state index in [2.05, 4.69) is 5.32 Å². The highest BCUT2D eigenvalue weighted by atomic mass is 19.4. The number of hydrogen-bond acceptors (Lipinski definition) is 4. The summed E-state index contributed by atoms with van der Waals surface area (Å²) in [7, 11) is 0. The van der Waals surface area contributed by atoms with E-state index in [0.29, 0.717) is 11.4 Å². The van der Waals surface area contributed by atoms with Crippen molar-refractivity contribution >= 4 is 29.2 Å². The molecule has 12 heteroatoms. The van der Waals surface area contributed by atoms with E-state index in [-0.39, 0.29) is 30.5 Å². The van der Waals surface area contributed by atoms with Crippen molar-refractivity contribution in [1.82, 2.24) is 0 Å². The average Bonchev–Trinajstić information content (AvgIpc) is 2.84. The van der Waals surface area contributed by atoms with E-state index in [1.807, 2.05) is 0 Å². The van der Waals surface area contributed by atoms with E-state index in [0.717, 1.165) is 0 Å². The molecule has 0 spiro atoms. The minimum Gasteiger partial charge on any atom is -0.452 e. The summed E-state index contributed by atoms with van der Waals surface area (Å²) in [6.45, 7) is 0.590. The van der Waals surface area contributed by atoms with Crippen LogP contribution in [0.1, 0.15) is 34.8 Å². The zero-order valence-electron chi connectivity index (χ0n) is 16.9. The van der Waals surface area contributed by atoms with Crippen molar-refractivity contribution in [2.45, 2.75) is 31.7 Å². The first-order valence-electron chi connectivity index (χ1n) is 9.45. The van der Waals surface area contributed by atoms with Gasteiger partial charge in [0.25, 0.3) is 5.91 Å². The SMILES string of the molecule is CC1CC(=O)Nc2ccccc2N1C(=O)COC(=O)c1cc(C(F)(F)F)cc(C(F)(F)F)c1. The number of halogens is 6. The van der Waals surface area contributed by atoms with Crippen molar-refractivity contribution in [3.8, 4) is 0 Å². The first kappa shape index (κ1) is 24.1. The molecule has 3 rings (SSSR count). The third-order valence-electron chi connectivity index (χ3n) is 4.78. The van der Waals surface area contributed by atoms with Crippen LogP contribution in [0.25, 0.3) is 0 Å². The Morgan fingerprint density at radius 2 is 1.61 bits per heavy atom. The van der Waals surface area contributed by atoms with Gasteiger partial charge in [-0.3, -0.25) is 9.59 Å². The predicted octanol–water partition coefficient (Wildman–Crippen LogP) is 4.64. The topological polar surface area (TPSA) is 75.7 Å². The highest BCUT2D eigenvalue weighted by Crippen LogP contribution is 2.36. The minimum atomic E-state index is -5.14. The lowest BCUT2D eigenvalue weighted by molar-refractivity contribution is -0.143. The molecular formula is C21H16F6N2O4. The van der Waals surface area contributed by atoms with Crippen molar-refractivity contribution in [2.75, 3.05) is 16.8 Å². The number of amides is 2. The molecule has 2 aromatic rings. The smallest absolute Gasteiger partial charge is 0.416 e. The number of nitrogens with one attached hydrogen (secondary N) is 1. The fraction of sp³-hybridized carbons (Fsp3) is 0.286. The van der Waals surface area contributed by atoms with Crippen molar-refractivity contribution in [3.63, 3.8) is 0 Å². The molecule has 0 saturated carbocycles. The van der Waals surface area contributed by atoms with Gasteiger partial charge in [-0.2, -0.15) is 26.3 Å². The van der Waals surface area contributed by atoms with E-state index < -0.39 is 53.6 Å². The molecule has 0 aromatic heterocycles. The molecule has 1 heterocycles. The number of benzene rings is 2. The second-order valence-electron chi connectivity index (χ2n) is 7.25. The predicted molar refractivity (Wildman–Crippen MR) is 103 cm³/mol. The fourth-order valence-corrected chi connectivity index (χ4v) is 3.32. The molecule has 1 aliphatic heterocycles. The highest BCUT2D eigenvalue weighted by Gasteiger charge is 2.38. The molecule has 0 fully saturated rings. The zero-order chi connectivity index (χ0) is 24.6. The summed E-state index contributed by atoms with van der Waals surface area (Å²) in [5.41, 5.74) is -3.76. The lowest BCUT2D eigenvalue weighted by Crippen LogP contribution is -2.41. The van der Waals surface area contributed by atoms with Gasteiger partial charge in [0, 0.05) is 12.5 Å². The molecule has 2 amide bonds. The number of ether oxygens (including phenoxy) is 1. The first-order chi connectivity index (χ1) is 15.3. The van der Waals surface area contributed by atoms with Crippen LogP contribution < -0.4 is 10.2 Å². The first-order valence-corrected chi connectivity index (χ1v) is 9.45. The van der Waals surface area contributed by atoms with Crippen molar-refractivity contribution in [2.24, 2.45) is 0 Å². The molecule has 0 radical (unpaired) electrons. The van der Waals surface area contributed by atoms with Crippen molar-refractivity contribution < 1.29 is 45.5 Å². The number of rotatable bonds is 3. The van der Waals surface area contributed by atoms with E-state index in [1.165, 1.54) is 11.0 Å². The van der Waals surface area contributed by atoms with Crippen LogP contribution in [0.4, 0.5) is 37.7 Å². The van der Waals surface area contributed by atoms with Crippen LogP contribution in [0.15, 0.2) is 42.5 Å². The Kier molecular flexibility index (Phi) is 6.39. The molecule has 33 heavy (non-hydrogen) atoms. The van der Waals surface area contributed by atoms with Gasteiger partial charge in [-0.1, -0.05) is 12.1 Å². The van der Waals surface area contributed by atoms with Gasteiger partial charge in [0.2, 0.25) is 5.91 Å². The number of esters is 1. The van der Waals surface area contributed by atoms with Gasteiger partial charge in [-0.05, 0) is 37.3 Å². The second kappa shape index (κ2) is 8.75. The maximum atomic E-state index is 13.0. The van der Waals surface area contributed by atoms with E-state index in [4.69, 9.17) is 4.74 Å². The summed E-state index contributed by atoms with van der Waals surface area (Å²) >= 11 is 0. The van der Waals surface area contributed by atoms with Gasteiger partial charge in [0.05, 0.1) is 28.1 Å². The van der Waals surface area contributed by atoms with Crippen LogP contribution in [-0.4, -0.2) is 30.4 Å². The number of carbonyl (C=O) groups is 3. The Hall–Kier alpha value is -3.57. The summed E-state index contributed by atoms with van der Waals surface area (Å²) in [5, 5.41) is 2.62. The molecule has 6 nitrogen and oxygen atoms in total. The summed E-state index contributed by atoms with van der Waals surface area (Å²) in [4.78, 5) is 38.2. The van der Waals surface area contributed by atoms with Gasteiger partial charge in [-0.15, -0.1) is 0 Å². The molecular weight excluding hydrogens is 458 g/mol. The number of carbonyl (C=O) groups excluding carboxylic acids is 3. The normalized spacial score (nSPS) is 16.5. The number of fused-ring (bicyclic) bond motifs is 1. The standard InChI is InChI=1S/C21H16F6N2O4/c1-11-6-17(30)28-15-4-2-3-5-16(15)29(11)18(31)10-33-19(32)12-7-13(20(22,23)24)9-14(8-12)21(25,26)27/h2-5,7-9,11H,6,10H2,1H3,(H,28,30). The Bertz CT molecular complexity index is 1060. The van der Waals surface area contributed by atoms with Gasteiger partial charge < -0.3 is 15.0 Å². The van der Waals surface area contributed by atoms with E-state index in [9.17, 15) is 40.7 Å². The Labute approximate surface area is 183 Å². The minimum absolute atomic E-state index is 0.0864. The summed E-state index contributed by atoms with van der Waals surface area (Å²) in [6, 6.07) is 5.92. The van der Waals surface area contributed by atoms with E-state index in [1.54, 1.807) is 25.1 Å². The lowest BCUT2D eigenvalue weighted by atomic mass is 10.0. The van der Waals surface area contributed by atoms with Gasteiger partial charge in [0.15, 0.2) is 6.61 Å². The molecule has 1 aliphatic rings. The molecule has 1 unspecified atom stereocenters. The average molecular weight is 474 g/mol. The molecule has 1 N–H and O–H groups in total. The molecule has 0 bridgehead atoms. The van der Waals surface area contributed by atoms with Gasteiger partial charge in [0.1, 0.15) is 0 Å². The van der Waals surface area contributed by atoms with Gasteiger partial charge >= 0.3 is 18.3 Å². The maximum Gasteiger partial charge on any atom is 0.416 e. The number of hydrogen-bond donors (Lipinski definition) is 1. The van der Waals surface area contributed by atoms with Gasteiger partial charge in [-0.25, -0.2) is 4.79 Å². The summed E-state index contributed by atoms with van der Waals surface area (Å²) in [6.07, 6.45) is -10.4. The molecule has 1 atom stereocenters. The third kappa shape index (κ3) is 5.44. The maximum absolute atomic E-state index is 13.0. The number of anilines is 2. The summed E-state index contributed by atoms with van der Waals surface area (Å²) < 4.78 is 82.7. The van der Waals surface area contributed by atoms with Crippen molar-refractivity contribution in [1.29, 1.82) is 0 Å². The van der Waals surface area contributed by atoms with E-state index >= 15 is 0 Å². The van der Waals surface area contributed by atoms with Crippen LogP contribution in [0.3, 0.4) is 0 Å². The monoisotopic (exact) mass is 474 g/mol. The fourth-order valence-electron chi connectivity index (χ4n) is 3.32. The third-order valence-corrected chi connectivity index (χ3v) is 4.78. The Morgan fingerprint density at radius 1 is 1.03 bits per heavy atom. The zero-order valence-corrected chi connectivity index (χ0v) is 16.9. The highest BCUT2D eigenvalue weighted by molar-refractivity contribution is 6.05. The Balaban J connectivity index is 1.84. The largest absolute Gasteiger partial charge is 0.452 e. The van der Waals surface area contributed by atoms with Crippen LogP contribution in [0, 0.1) is 0 Å². The Morgan fingerprint density at radius 3 is 2.18 bits per heavy atom. The van der Waals surface area contributed by atoms with Crippen LogP contribution in [0.5, 0.6) is 0 Å². The quantitative estimate of drug-likeness (QED) is 0.520. The molecule has 176 valence electrons. The molecule has 0 aliphatic carbocycles. The van der Waals surface area contributed by atoms with Crippen LogP contribution in [-0.2, 0) is 26.7 Å². The molecule has 2 aromatic carbocycles. The van der Waals surface area contributed by atoms with Crippen LogP contribution >= 0.6 is 0 Å². The number of para-hydroxylation sites is 2. The van der Waals surface area contributed by atoms with Crippen LogP contribution in [0.2, 0.25) is 0 Å². The molecule has 0 saturated heterocycles. The summed E-state index contributed by atoms with van der Waals surface area (Å²) in [5.74, 6) is -2.72.